The maximum atomic E-state index is 11.5. The smallest absolute Gasteiger partial charge is 0.407 e. The second kappa shape index (κ2) is 7.95. The highest BCUT2D eigenvalue weighted by Crippen LogP contribution is 2.26. The summed E-state index contributed by atoms with van der Waals surface area (Å²) in [6.45, 7) is 2.49. The maximum Gasteiger partial charge on any atom is 0.407 e. The molecule has 0 aromatic rings. The van der Waals surface area contributed by atoms with E-state index in [9.17, 15) is 9.59 Å². The second-order valence-electron chi connectivity index (χ2n) is 4.96. The van der Waals surface area contributed by atoms with Gasteiger partial charge in [-0.15, -0.1) is 0 Å². The Bertz CT molecular complexity index is 280. The Hall–Kier alpha value is -1.26. The maximum absolute atomic E-state index is 11.5. The Morgan fingerprint density at radius 1 is 1.39 bits per heavy atom. The van der Waals surface area contributed by atoms with E-state index in [1.807, 2.05) is 6.92 Å². The minimum Gasteiger partial charge on any atom is -0.481 e. The summed E-state index contributed by atoms with van der Waals surface area (Å²) in [4.78, 5) is 22.1. The van der Waals surface area contributed by atoms with Crippen LogP contribution in [0.5, 0.6) is 0 Å². The number of hydrogen-bond donors (Lipinski definition) is 2. The number of hydrogen-bond acceptors (Lipinski definition) is 3. The van der Waals surface area contributed by atoms with Crippen molar-refractivity contribution in [1.29, 1.82) is 0 Å². The molecule has 0 bridgehead atoms. The molecule has 104 valence electrons. The van der Waals surface area contributed by atoms with Gasteiger partial charge in [0.1, 0.15) is 0 Å². The number of unbranched alkanes of at least 4 members (excludes halogenated alkanes) is 1. The van der Waals surface area contributed by atoms with Gasteiger partial charge in [0.25, 0.3) is 0 Å². The molecule has 0 aromatic heterocycles. The monoisotopic (exact) mass is 257 g/mol. The molecular formula is C13H23NO4. The van der Waals surface area contributed by atoms with E-state index in [0.717, 1.165) is 38.5 Å². The first kappa shape index (κ1) is 14.8. The average molecular weight is 257 g/mol. The fourth-order valence-corrected chi connectivity index (χ4v) is 2.37. The van der Waals surface area contributed by atoms with Crippen LogP contribution in [-0.2, 0) is 9.53 Å². The van der Waals surface area contributed by atoms with Crippen molar-refractivity contribution in [1.82, 2.24) is 5.32 Å². The van der Waals surface area contributed by atoms with E-state index in [1.165, 1.54) is 0 Å². The molecule has 0 spiro atoms. The molecule has 5 heteroatoms. The Labute approximate surface area is 108 Å². The van der Waals surface area contributed by atoms with Gasteiger partial charge in [0.2, 0.25) is 0 Å². The number of rotatable bonds is 6. The summed E-state index contributed by atoms with van der Waals surface area (Å²) in [6.07, 6.45) is 5.27. The molecule has 0 aliphatic heterocycles. The van der Waals surface area contributed by atoms with Crippen molar-refractivity contribution < 1.29 is 19.4 Å². The van der Waals surface area contributed by atoms with Crippen LogP contribution in [0, 0.1) is 5.92 Å². The zero-order valence-electron chi connectivity index (χ0n) is 11.0. The number of nitrogens with one attached hydrogen (secondary N) is 1. The molecule has 18 heavy (non-hydrogen) atoms. The van der Waals surface area contributed by atoms with Crippen molar-refractivity contribution in [2.24, 2.45) is 5.92 Å². The van der Waals surface area contributed by atoms with Gasteiger partial charge in [-0.3, -0.25) is 4.79 Å². The standard InChI is InChI=1S/C13H23NO4/c1-2-3-7-18-13(17)14-11-6-4-5-10(8-11)9-12(15)16/h10-11H,2-9H2,1H3,(H,14,17)(H,15,16). The molecule has 1 fully saturated rings. The first-order valence-corrected chi connectivity index (χ1v) is 6.77. The summed E-state index contributed by atoms with van der Waals surface area (Å²) in [6, 6.07) is 0.0669. The van der Waals surface area contributed by atoms with Crippen LogP contribution in [0.4, 0.5) is 4.79 Å². The molecular weight excluding hydrogens is 234 g/mol. The van der Waals surface area contributed by atoms with Crippen LogP contribution < -0.4 is 5.32 Å². The topological polar surface area (TPSA) is 75.6 Å². The minimum atomic E-state index is -0.758. The van der Waals surface area contributed by atoms with Crippen molar-refractivity contribution in [3.05, 3.63) is 0 Å². The Kier molecular flexibility index (Phi) is 6.54. The molecule has 0 heterocycles. The van der Waals surface area contributed by atoms with Crippen LogP contribution >= 0.6 is 0 Å². The quantitative estimate of drug-likeness (QED) is 0.717. The number of ether oxygens (including phenoxy) is 1. The van der Waals surface area contributed by atoms with Gasteiger partial charge in [0.05, 0.1) is 6.61 Å². The molecule has 1 saturated carbocycles. The molecule has 1 aliphatic rings. The summed E-state index contributed by atoms with van der Waals surface area (Å²) in [5.41, 5.74) is 0. The van der Waals surface area contributed by atoms with Gasteiger partial charge < -0.3 is 15.2 Å². The number of carboxylic acids is 1. The minimum absolute atomic E-state index is 0.0669. The van der Waals surface area contributed by atoms with Crippen LogP contribution in [0.15, 0.2) is 0 Å². The zero-order chi connectivity index (χ0) is 13.4. The number of amides is 1. The molecule has 0 aromatic carbocycles. The van der Waals surface area contributed by atoms with Crippen LogP contribution in [0.1, 0.15) is 51.9 Å². The number of aliphatic carboxylic acids is 1. The number of carbonyl (C=O) groups excluding carboxylic acids is 1. The van der Waals surface area contributed by atoms with Crippen molar-refractivity contribution in [3.8, 4) is 0 Å². The van der Waals surface area contributed by atoms with E-state index < -0.39 is 5.97 Å². The van der Waals surface area contributed by atoms with Crippen LogP contribution in [0.2, 0.25) is 0 Å². The van der Waals surface area contributed by atoms with Crippen LogP contribution in [0.25, 0.3) is 0 Å². The Morgan fingerprint density at radius 2 is 2.17 bits per heavy atom. The fourth-order valence-electron chi connectivity index (χ4n) is 2.37. The lowest BCUT2D eigenvalue weighted by Crippen LogP contribution is -2.39. The van der Waals surface area contributed by atoms with Crippen molar-refractivity contribution >= 4 is 12.1 Å². The fraction of sp³-hybridized carbons (Fsp3) is 0.846. The molecule has 2 N–H and O–H groups in total. The highest BCUT2D eigenvalue weighted by atomic mass is 16.5. The average Bonchev–Trinajstić information content (AvgIpc) is 2.28. The van der Waals surface area contributed by atoms with E-state index in [0.29, 0.717) is 6.61 Å². The second-order valence-corrected chi connectivity index (χ2v) is 4.96. The normalized spacial score (nSPS) is 23.4. The first-order chi connectivity index (χ1) is 8.61. The van der Waals surface area contributed by atoms with E-state index >= 15 is 0 Å². The van der Waals surface area contributed by atoms with E-state index in [2.05, 4.69) is 5.32 Å². The molecule has 2 unspecified atom stereocenters. The highest BCUT2D eigenvalue weighted by molar-refractivity contribution is 5.68. The Morgan fingerprint density at radius 3 is 2.83 bits per heavy atom. The lowest BCUT2D eigenvalue weighted by atomic mass is 9.84. The SMILES string of the molecule is CCCCOC(=O)NC1CCCC(CC(=O)O)C1. The molecule has 1 aliphatic carbocycles. The molecule has 0 saturated heterocycles. The third-order valence-corrected chi connectivity index (χ3v) is 3.30. The van der Waals surface area contributed by atoms with Crippen molar-refractivity contribution in [3.63, 3.8) is 0 Å². The van der Waals surface area contributed by atoms with Gasteiger partial charge in [-0.1, -0.05) is 19.8 Å². The molecule has 1 amide bonds. The molecule has 1 rings (SSSR count). The molecule has 0 radical (unpaired) electrons. The number of alkyl carbamates (subject to hydrolysis) is 1. The summed E-state index contributed by atoms with van der Waals surface area (Å²) >= 11 is 0. The van der Waals surface area contributed by atoms with E-state index in [4.69, 9.17) is 9.84 Å². The Balaban J connectivity index is 2.24. The summed E-state index contributed by atoms with van der Waals surface area (Å²) in [5.74, 6) is -0.580. The van der Waals surface area contributed by atoms with Gasteiger partial charge in [0.15, 0.2) is 0 Å². The first-order valence-electron chi connectivity index (χ1n) is 6.77. The third kappa shape index (κ3) is 5.89. The predicted molar refractivity (Wildman–Crippen MR) is 67.4 cm³/mol. The molecule has 5 nitrogen and oxygen atoms in total. The third-order valence-electron chi connectivity index (χ3n) is 3.30. The zero-order valence-corrected chi connectivity index (χ0v) is 11.0. The van der Waals surface area contributed by atoms with Gasteiger partial charge in [-0.05, 0) is 31.6 Å². The summed E-state index contributed by atoms with van der Waals surface area (Å²) < 4.78 is 5.04. The van der Waals surface area contributed by atoms with Gasteiger partial charge in [0, 0.05) is 12.5 Å². The van der Waals surface area contributed by atoms with Crippen molar-refractivity contribution in [2.45, 2.75) is 57.9 Å². The largest absolute Gasteiger partial charge is 0.481 e. The van der Waals surface area contributed by atoms with Crippen molar-refractivity contribution in [2.75, 3.05) is 6.61 Å². The predicted octanol–water partition coefficient (Wildman–Crippen LogP) is 2.55. The summed E-state index contributed by atoms with van der Waals surface area (Å²) in [7, 11) is 0. The number of carbonyl (C=O) groups is 2. The van der Waals surface area contributed by atoms with E-state index in [1.54, 1.807) is 0 Å². The van der Waals surface area contributed by atoms with Gasteiger partial charge in [-0.25, -0.2) is 4.79 Å². The lowest BCUT2D eigenvalue weighted by molar-refractivity contribution is -0.138. The summed E-state index contributed by atoms with van der Waals surface area (Å²) in [5, 5.41) is 11.6. The van der Waals surface area contributed by atoms with Crippen LogP contribution in [-0.4, -0.2) is 29.8 Å². The lowest BCUT2D eigenvalue weighted by Gasteiger charge is -2.28. The number of carboxylic acid groups (broad SMARTS) is 1. The van der Waals surface area contributed by atoms with Gasteiger partial charge in [-0.2, -0.15) is 0 Å². The van der Waals surface area contributed by atoms with Crippen LogP contribution in [0.3, 0.4) is 0 Å². The van der Waals surface area contributed by atoms with E-state index in [-0.39, 0.29) is 24.5 Å². The molecule has 2 atom stereocenters. The highest BCUT2D eigenvalue weighted by Gasteiger charge is 2.25. The van der Waals surface area contributed by atoms with Gasteiger partial charge >= 0.3 is 12.1 Å².